The number of hydrogen-bond acceptors (Lipinski definition) is 6. The van der Waals surface area contributed by atoms with Gasteiger partial charge in [0, 0.05) is 32.8 Å². The Hall–Kier alpha value is -1.13. The van der Waals surface area contributed by atoms with E-state index in [0.717, 1.165) is 6.07 Å². The second-order valence-electron chi connectivity index (χ2n) is 4.07. The average molecular weight is 342 g/mol. The van der Waals surface area contributed by atoms with Gasteiger partial charge < -0.3 is 19.8 Å². The van der Waals surface area contributed by atoms with E-state index >= 15 is 0 Å². The lowest BCUT2D eigenvalue weighted by atomic mass is 10.4. The van der Waals surface area contributed by atoms with Gasteiger partial charge in [0.25, 0.3) is 5.91 Å². The van der Waals surface area contributed by atoms with E-state index in [0.29, 0.717) is 26.2 Å². The number of primary sulfonamides is 1. The summed E-state index contributed by atoms with van der Waals surface area (Å²) in [6.07, 6.45) is 0. The average Bonchev–Trinajstić information content (AvgIpc) is 2.75. The molecule has 8 nitrogen and oxygen atoms in total. The minimum atomic E-state index is -3.88. The smallest absolute Gasteiger partial charge is 0.287 e. The van der Waals surface area contributed by atoms with E-state index in [-0.39, 0.29) is 28.8 Å². The summed E-state index contributed by atoms with van der Waals surface area (Å²) in [5, 5.41) is 10.6. The van der Waals surface area contributed by atoms with Crippen LogP contribution in [0.5, 0.6) is 0 Å². The quantitative estimate of drug-likeness (QED) is 0.554. The number of methoxy groups -OCH3 is 1. The summed E-state index contributed by atoms with van der Waals surface area (Å²) in [4.78, 5) is 11.6. The Kier molecular flexibility index (Phi) is 8.52. The van der Waals surface area contributed by atoms with Crippen molar-refractivity contribution < 1.29 is 22.4 Å². The molecule has 1 aromatic rings. The molecule has 0 aliphatic rings. The number of ether oxygens (including phenoxy) is 1. The van der Waals surface area contributed by atoms with Gasteiger partial charge in [0.15, 0.2) is 5.76 Å². The number of carbonyl (C=O) groups is 1. The normalized spacial score (nSPS) is 11.0. The van der Waals surface area contributed by atoms with Crippen LogP contribution in [0.3, 0.4) is 0 Å². The van der Waals surface area contributed by atoms with Crippen molar-refractivity contribution >= 4 is 28.3 Å². The number of furan rings is 1. The van der Waals surface area contributed by atoms with Gasteiger partial charge >= 0.3 is 0 Å². The molecule has 0 atom stereocenters. The van der Waals surface area contributed by atoms with E-state index in [1.54, 1.807) is 7.11 Å². The fraction of sp³-hybridized carbons (Fsp3) is 0.545. The third kappa shape index (κ3) is 6.44. The van der Waals surface area contributed by atoms with Gasteiger partial charge in [-0.1, -0.05) is 0 Å². The molecule has 21 heavy (non-hydrogen) atoms. The maximum absolute atomic E-state index is 11.7. The van der Waals surface area contributed by atoms with Crippen molar-refractivity contribution in [3.05, 3.63) is 17.6 Å². The molecule has 1 amide bonds. The Bertz CT molecular complexity index is 558. The Morgan fingerprint density at radius 3 is 2.57 bits per heavy atom. The van der Waals surface area contributed by atoms with Crippen molar-refractivity contribution in [3.63, 3.8) is 0 Å². The molecule has 1 heterocycles. The highest BCUT2D eigenvalue weighted by Gasteiger charge is 2.20. The van der Waals surface area contributed by atoms with E-state index in [2.05, 4.69) is 10.6 Å². The summed E-state index contributed by atoms with van der Waals surface area (Å²) in [5.74, 6) is -0.476. The second-order valence-corrected chi connectivity index (χ2v) is 5.60. The number of hydrogen-bond donors (Lipinski definition) is 3. The highest BCUT2D eigenvalue weighted by molar-refractivity contribution is 7.89. The lowest BCUT2D eigenvalue weighted by molar-refractivity contribution is 0.0924. The van der Waals surface area contributed by atoms with Gasteiger partial charge in [-0.15, -0.1) is 12.4 Å². The van der Waals surface area contributed by atoms with Gasteiger partial charge in [-0.25, -0.2) is 13.6 Å². The molecule has 1 rings (SSSR count). The number of aryl methyl sites for hydroxylation is 1. The van der Waals surface area contributed by atoms with Crippen LogP contribution in [0.1, 0.15) is 16.3 Å². The summed E-state index contributed by atoms with van der Waals surface area (Å²) >= 11 is 0. The zero-order valence-corrected chi connectivity index (χ0v) is 13.5. The number of halogens is 1. The lowest BCUT2D eigenvalue weighted by Gasteiger charge is -2.04. The molecule has 0 saturated heterocycles. The van der Waals surface area contributed by atoms with Crippen molar-refractivity contribution in [1.82, 2.24) is 10.6 Å². The SMILES string of the molecule is COCCNCCNC(=O)c1cc(S(N)(=O)=O)c(C)o1.Cl. The molecule has 0 unspecified atom stereocenters. The molecule has 0 saturated carbocycles. The Morgan fingerprint density at radius 1 is 1.38 bits per heavy atom. The fourth-order valence-corrected chi connectivity index (χ4v) is 2.22. The van der Waals surface area contributed by atoms with Gasteiger partial charge in [-0.05, 0) is 6.92 Å². The summed E-state index contributed by atoms with van der Waals surface area (Å²) in [6.45, 7) is 3.65. The van der Waals surface area contributed by atoms with Crippen LogP contribution in [0.25, 0.3) is 0 Å². The maximum atomic E-state index is 11.7. The lowest BCUT2D eigenvalue weighted by Crippen LogP contribution is -2.32. The van der Waals surface area contributed by atoms with Crippen LogP contribution in [0.15, 0.2) is 15.4 Å². The van der Waals surface area contributed by atoms with E-state index in [9.17, 15) is 13.2 Å². The molecule has 4 N–H and O–H groups in total. The van der Waals surface area contributed by atoms with Gasteiger partial charge in [-0.3, -0.25) is 4.79 Å². The largest absolute Gasteiger partial charge is 0.455 e. The number of nitrogens with one attached hydrogen (secondary N) is 2. The number of amides is 1. The molecule has 0 aliphatic heterocycles. The zero-order chi connectivity index (χ0) is 15.2. The van der Waals surface area contributed by atoms with Crippen LogP contribution >= 0.6 is 12.4 Å². The first-order valence-corrected chi connectivity index (χ1v) is 7.52. The molecule has 0 radical (unpaired) electrons. The van der Waals surface area contributed by atoms with Crippen LogP contribution in [-0.2, 0) is 14.8 Å². The number of rotatable bonds is 8. The third-order valence-corrected chi connectivity index (χ3v) is 3.49. The van der Waals surface area contributed by atoms with Crippen molar-refractivity contribution in [1.29, 1.82) is 0 Å². The predicted octanol–water partition coefficient (Wildman–Crippen LogP) is -0.377. The maximum Gasteiger partial charge on any atom is 0.287 e. The monoisotopic (exact) mass is 341 g/mol. The molecule has 0 fully saturated rings. The van der Waals surface area contributed by atoms with Crippen molar-refractivity contribution in [2.45, 2.75) is 11.8 Å². The minimum absolute atomic E-state index is 0. The number of carbonyl (C=O) groups excluding carboxylic acids is 1. The van der Waals surface area contributed by atoms with Gasteiger partial charge in [0.2, 0.25) is 10.0 Å². The van der Waals surface area contributed by atoms with Crippen LogP contribution in [-0.4, -0.2) is 47.7 Å². The first kappa shape index (κ1) is 19.9. The molecule has 0 bridgehead atoms. The number of sulfonamides is 1. The van der Waals surface area contributed by atoms with Crippen LogP contribution < -0.4 is 15.8 Å². The van der Waals surface area contributed by atoms with Gasteiger partial charge in [0.1, 0.15) is 10.7 Å². The van der Waals surface area contributed by atoms with E-state index in [1.807, 2.05) is 0 Å². The fourth-order valence-electron chi connectivity index (χ4n) is 1.51. The molecule has 0 spiro atoms. The summed E-state index contributed by atoms with van der Waals surface area (Å²) in [6, 6.07) is 1.12. The topological polar surface area (TPSA) is 124 Å². The van der Waals surface area contributed by atoms with Crippen LogP contribution in [0.2, 0.25) is 0 Å². The van der Waals surface area contributed by atoms with Crippen molar-refractivity contribution in [3.8, 4) is 0 Å². The van der Waals surface area contributed by atoms with Crippen molar-refractivity contribution in [2.75, 3.05) is 33.4 Å². The Balaban J connectivity index is 0.00000400. The van der Waals surface area contributed by atoms with E-state index in [4.69, 9.17) is 14.3 Å². The predicted molar refractivity (Wildman–Crippen MR) is 79.1 cm³/mol. The van der Waals surface area contributed by atoms with Crippen LogP contribution in [0, 0.1) is 6.92 Å². The van der Waals surface area contributed by atoms with Gasteiger partial charge in [0.05, 0.1) is 6.61 Å². The molecule has 1 aromatic heterocycles. The first-order valence-electron chi connectivity index (χ1n) is 5.97. The first-order chi connectivity index (χ1) is 9.36. The summed E-state index contributed by atoms with van der Waals surface area (Å²) < 4.78 is 32.4. The standard InChI is InChI=1S/C11H19N3O5S.ClH/c1-8-10(20(12,16)17)7-9(19-8)11(15)14-4-3-13-5-6-18-2;/h7,13H,3-6H2,1-2H3,(H,14,15)(H2,12,16,17);1H. The zero-order valence-electron chi connectivity index (χ0n) is 11.8. The highest BCUT2D eigenvalue weighted by atomic mass is 35.5. The van der Waals surface area contributed by atoms with Crippen LogP contribution in [0.4, 0.5) is 0 Å². The second kappa shape index (κ2) is 9.00. The number of nitrogens with two attached hydrogens (primary N) is 1. The van der Waals surface area contributed by atoms with E-state index in [1.165, 1.54) is 6.92 Å². The Morgan fingerprint density at radius 2 is 2.05 bits per heavy atom. The minimum Gasteiger partial charge on any atom is -0.455 e. The molecule has 0 aliphatic carbocycles. The molecule has 10 heteroatoms. The Labute approximate surface area is 129 Å². The summed E-state index contributed by atoms with van der Waals surface area (Å²) in [5.41, 5.74) is 0. The summed E-state index contributed by atoms with van der Waals surface area (Å²) in [7, 11) is -2.28. The molecular formula is C11H20ClN3O5S. The molecular weight excluding hydrogens is 322 g/mol. The van der Waals surface area contributed by atoms with E-state index < -0.39 is 15.9 Å². The van der Waals surface area contributed by atoms with Crippen molar-refractivity contribution in [2.24, 2.45) is 5.14 Å². The highest BCUT2D eigenvalue weighted by Crippen LogP contribution is 2.18. The molecule has 0 aromatic carbocycles. The van der Waals surface area contributed by atoms with Gasteiger partial charge in [-0.2, -0.15) is 0 Å². The third-order valence-electron chi connectivity index (χ3n) is 2.47. The molecule has 122 valence electrons.